The second-order valence-corrected chi connectivity index (χ2v) is 6.75. The molecule has 0 aromatic heterocycles. The molecule has 0 saturated heterocycles. The van der Waals surface area contributed by atoms with Crippen LogP contribution >= 0.6 is 24.0 Å². The topological polar surface area (TPSA) is 12.0 Å². The predicted molar refractivity (Wildman–Crippen MR) is 110 cm³/mol. The van der Waals surface area contributed by atoms with Crippen LogP contribution in [-0.4, -0.2) is 6.54 Å². The minimum atomic E-state index is 0. The monoisotopic (exact) mass is 417 g/mol. The molecule has 0 radical (unpaired) electrons. The van der Waals surface area contributed by atoms with Crippen molar-refractivity contribution in [2.45, 2.75) is 84.1 Å². The molecule has 0 amide bonds. The fraction of sp³-hybridized carbons (Fsp3) is 0.700. The second kappa shape index (κ2) is 13.4. The highest BCUT2D eigenvalue weighted by Gasteiger charge is 2.18. The molecule has 128 valence electrons. The summed E-state index contributed by atoms with van der Waals surface area (Å²) in [5, 5.41) is 3.69. The molecule has 0 bridgehead atoms. The average molecular weight is 417 g/mol. The highest BCUT2D eigenvalue weighted by molar-refractivity contribution is 14.0. The minimum Gasteiger partial charge on any atom is -0.308 e. The molecule has 1 nitrogen and oxygen atoms in total. The molecule has 1 N–H and O–H groups in total. The van der Waals surface area contributed by atoms with E-state index < -0.39 is 0 Å². The first kappa shape index (κ1) is 21.9. The van der Waals surface area contributed by atoms with Crippen molar-refractivity contribution in [2.24, 2.45) is 0 Å². The molecule has 0 atom stereocenters. The Balaban J connectivity index is 0.00000441. The first-order chi connectivity index (χ1) is 10.2. The Hall–Kier alpha value is -0.0900. The molecule has 0 heterocycles. The van der Waals surface area contributed by atoms with E-state index in [0.717, 1.165) is 6.54 Å². The van der Waals surface area contributed by atoms with Crippen molar-refractivity contribution < 1.29 is 0 Å². The number of halogens is 1. The second-order valence-electron chi connectivity index (χ2n) is 6.75. The van der Waals surface area contributed by atoms with E-state index in [9.17, 15) is 0 Å². The smallest absolute Gasteiger partial charge is 0.0377 e. The number of unbranched alkanes of at least 4 members (excludes halogenated alkanes) is 8. The summed E-state index contributed by atoms with van der Waals surface area (Å²) in [4.78, 5) is 0. The lowest BCUT2D eigenvalue weighted by Crippen LogP contribution is -2.37. The van der Waals surface area contributed by atoms with Crippen LogP contribution in [0.25, 0.3) is 0 Å². The highest BCUT2D eigenvalue weighted by Crippen LogP contribution is 2.19. The van der Waals surface area contributed by atoms with Crippen LogP contribution in [0, 0.1) is 0 Å². The SMILES string of the molecule is CCCCCCCCCCCNC(C)(C)c1ccccc1.I. The Labute approximate surface area is 155 Å². The van der Waals surface area contributed by atoms with Crippen molar-refractivity contribution in [3.05, 3.63) is 35.9 Å². The van der Waals surface area contributed by atoms with Gasteiger partial charge in [0.1, 0.15) is 0 Å². The third kappa shape index (κ3) is 9.83. The molecule has 0 saturated carbocycles. The molecule has 0 aliphatic heterocycles. The molecule has 1 aromatic rings. The number of hydrogen-bond donors (Lipinski definition) is 1. The van der Waals surface area contributed by atoms with Crippen molar-refractivity contribution in [2.75, 3.05) is 6.54 Å². The van der Waals surface area contributed by atoms with Gasteiger partial charge in [0.05, 0.1) is 0 Å². The van der Waals surface area contributed by atoms with Crippen LogP contribution in [0.15, 0.2) is 30.3 Å². The van der Waals surface area contributed by atoms with Crippen LogP contribution in [0.3, 0.4) is 0 Å². The van der Waals surface area contributed by atoms with Crippen LogP contribution in [0.2, 0.25) is 0 Å². The van der Waals surface area contributed by atoms with Gasteiger partial charge in [-0.1, -0.05) is 88.6 Å². The summed E-state index contributed by atoms with van der Waals surface area (Å²) >= 11 is 0. The van der Waals surface area contributed by atoms with Gasteiger partial charge in [0.15, 0.2) is 0 Å². The van der Waals surface area contributed by atoms with Crippen molar-refractivity contribution in [1.82, 2.24) is 5.32 Å². The third-order valence-corrected chi connectivity index (χ3v) is 4.34. The first-order valence-electron chi connectivity index (χ1n) is 8.97. The summed E-state index contributed by atoms with van der Waals surface area (Å²) in [5.74, 6) is 0. The third-order valence-electron chi connectivity index (χ3n) is 4.34. The molecule has 0 aliphatic rings. The van der Waals surface area contributed by atoms with Gasteiger partial charge < -0.3 is 5.32 Å². The molecular weight excluding hydrogens is 381 g/mol. The summed E-state index contributed by atoms with van der Waals surface area (Å²) in [5.41, 5.74) is 1.46. The van der Waals surface area contributed by atoms with Gasteiger partial charge in [-0.3, -0.25) is 0 Å². The summed E-state index contributed by atoms with van der Waals surface area (Å²) in [6.45, 7) is 7.95. The Bertz CT molecular complexity index is 348. The van der Waals surface area contributed by atoms with E-state index in [1.54, 1.807) is 0 Å². The van der Waals surface area contributed by atoms with Gasteiger partial charge in [-0.05, 0) is 32.4 Å². The fourth-order valence-corrected chi connectivity index (χ4v) is 2.79. The summed E-state index contributed by atoms with van der Waals surface area (Å²) in [6.07, 6.45) is 12.6. The van der Waals surface area contributed by atoms with E-state index in [0.29, 0.717) is 0 Å². The number of rotatable bonds is 12. The highest BCUT2D eigenvalue weighted by atomic mass is 127. The standard InChI is InChI=1S/C20H35N.HI/c1-4-5-6-7-8-9-10-11-15-18-21-20(2,3)19-16-13-12-14-17-19;/h12-14,16-17,21H,4-11,15,18H2,1-3H3;1H. The lowest BCUT2D eigenvalue weighted by Gasteiger charge is -2.27. The molecule has 0 unspecified atom stereocenters. The summed E-state index contributed by atoms with van der Waals surface area (Å²) < 4.78 is 0. The maximum atomic E-state index is 3.69. The summed E-state index contributed by atoms with van der Waals surface area (Å²) in [6, 6.07) is 10.8. The fourth-order valence-electron chi connectivity index (χ4n) is 2.79. The van der Waals surface area contributed by atoms with Crippen LogP contribution in [-0.2, 0) is 5.54 Å². The van der Waals surface area contributed by atoms with Gasteiger partial charge in [0.25, 0.3) is 0 Å². The maximum absolute atomic E-state index is 3.69. The lowest BCUT2D eigenvalue weighted by atomic mass is 9.94. The van der Waals surface area contributed by atoms with Crippen molar-refractivity contribution in [3.63, 3.8) is 0 Å². The molecular formula is C20H36IN. The molecule has 1 rings (SSSR count). The number of nitrogens with one attached hydrogen (secondary N) is 1. The molecule has 0 spiro atoms. The van der Waals surface area contributed by atoms with Gasteiger partial charge in [-0.25, -0.2) is 0 Å². The van der Waals surface area contributed by atoms with Gasteiger partial charge in [-0.2, -0.15) is 0 Å². The van der Waals surface area contributed by atoms with E-state index in [2.05, 4.69) is 56.4 Å². The predicted octanol–water partition coefficient (Wildman–Crippen LogP) is 6.66. The Morgan fingerprint density at radius 2 is 1.27 bits per heavy atom. The van der Waals surface area contributed by atoms with Crippen LogP contribution < -0.4 is 5.32 Å². The summed E-state index contributed by atoms with van der Waals surface area (Å²) in [7, 11) is 0. The lowest BCUT2D eigenvalue weighted by molar-refractivity contribution is 0.394. The zero-order valence-corrected chi connectivity index (χ0v) is 17.2. The van der Waals surface area contributed by atoms with E-state index in [4.69, 9.17) is 0 Å². The first-order valence-corrected chi connectivity index (χ1v) is 8.97. The van der Waals surface area contributed by atoms with Gasteiger partial charge in [0.2, 0.25) is 0 Å². The Kier molecular flexibility index (Phi) is 13.3. The molecule has 0 aliphatic carbocycles. The number of benzene rings is 1. The molecule has 1 aromatic carbocycles. The van der Waals surface area contributed by atoms with E-state index in [1.165, 1.54) is 63.4 Å². The molecule has 2 heteroatoms. The zero-order chi connectivity index (χ0) is 15.4. The number of hydrogen-bond acceptors (Lipinski definition) is 1. The van der Waals surface area contributed by atoms with Crippen LogP contribution in [0.1, 0.15) is 84.1 Å². The van der Waals surface area contributed by atoms with E-state index >= 15 is 0 Å². The van der Waals surface area contributed by atoms with Crippen LogP contribution in [0.5, 0.6) is 0 Å². The zero-order valence-electron chi connectivity index (χ0n) is 14.9. The van der Waals surface area contributed by atoms with E-state index in [1.807, 2.05) is 0 Å². The minimum absolute atomic E-state index is 0. The molecule has 0 fully saturated rings. The van der Waals surface area contributed by atoms with Crippen molar-refractivity contribution in [1.29, 1.82) is 0 Å². The normalized spacial score (nSPS) is 11.2. The van der Waals surface area contributed by atoms with Crippen molar-refractivity contribution in [3.8, 4) is 0 Å². The average Bonchev–Trinajstić information content (AvgIpc) is 2.50. The Morgan fingerprint density at radius 3 is 1.82 bits per heavy atom. The van der Waals surface area contributed by atoms with Gasteiger partial charge >= 0.3 is 0 Å². The largest absolute Gasteiger partial charge is 0.308 e. The van der Waals surface area contributed by atoms with E-state index in [-0.39, 0.29) is 29.5 Å². The van der Waals surface area contributed by atoms with Crippen LogP contribution in [0.4, 0.5) is 0 Å². The molecule has 22 heavy (non-hydrogen) atoms. The Morgan fingerprint density at radius 1 is 0.773 bits per heavy atom. The van der Waals surface area contributed by atoms with Gasteiger partial charge in [0, 0.05) is 5.54 Å². The van der Waals surface area contributed by atoms with Gasteiger partial charge in [-0.15, -0.1) is 24.0 Å². The maximum Gasteiger partial charge on any atom is 0.0377 e. The van der Waals surface area contributed by atoms with Crippen molar-refractivity contribution >= 4 is 24.0 Å². The quantitative estimate of drug-likeness (QED) is 0.296.